The van der Waals surface area contributed by atoms with Gasteiger partial charge in [0.15, 0.2) is 0 Å². The molecule has 88 valence electrons. The van der Waals surface area contributed by atoms with E-state index >= 15 is 0 Å². The van der Waals surface area contributed by atoms with Crippen LogP contribution in [0, 0.1) is 0 Å². The number of aliphatic hydroxyl groups is 1. The van der Waals surface area contributed by atoms with Gasteiger partial charge in [-0.25, -0.2) is 15.2 Å². The van der Waals surface area contributed by atoms with Gasteiger partial charge in [-0.3, -0.25) is 0 Å². The lowest BCUT2D eigenvalue weighted by Crippen LogP contribution is -2.46. The highest BCUT2D eigenvalue weighted by Gasteiger charge is 2.24. The van der Waals surface area contributed by atoms with Crippen molar-refractivity contribution >= 4 is 6.09 Å². The van der Waals surface area contributed by atoms with Crippen molar-refractivity contribution in [1.82, 2.24) is 10.4 Å². The van der Waals surface area contributed by atoms with Gasteiger partial charge in [0, 0.05) is 13.1 Å². The zero-order valence-electron chi connectivity index (χ0n) is 9.62. The lowest BCUT2D eigenvalue weighted by molar-refractivity contribution is 0.0138. The fourth-order valence-corrected chi connectivity index (χ4v) is 1.35. The van der Waals surface area contributed by atoms with Gasteiger partial charge in [-0.05, 0) is 33.6 Å². The minimum Gasteiger partial charge on any atom is -0.443 e. The molecule has 2 N–H and O–H groups in total. The summed E-state index contributed by atoms with van der Waals surface area (Å²) >= 11 is 0. The molecule has 1 fully saturated rings. The summed E-state index contributed by atoms with van der Waals surface area (Å²) in [5, 5.41) is 10.8. The molecule has 1 amide bonds. The molecule has 1 saturated heterocycles. The van der Waals surface area contributed by atoms with Crippen molar-refractivity contribution in [2.75, 3.05) is 13.1 Å². The summed E-state index contributed by atoms with van der Waals surface area (Å²) in [5.41, 5.74) is 2.38. The van der Waals surface area contributed by atoms with E-state index in [1.165, 1.54) is 5.01 Å². The quantitative estimate of drug-likeness (QED) is 0.631. The van der Waals surface area contributed by atoms with Crippen LogP contribution < -0.4 is 5.43 Å². The summed E-state index contributed by atoms with van der Waals surface area (Å²) in [6.07, 6.45) is 0.744. The van der Waals surface area contributed by atoms with Gasteiger partial charge in [0.25, 0.3) is 0 Å². The summed E-state index contributed by atoms with van der Waals surface area (Å²) in [6, 6.07) is 0. The maximum Gasteiger partial charge on any atom is 0.424 e. The molecule has 0 bridgehead atoms. The number of carbonyl (C=O) groups excluding carboxylic acids is 1. The van der Waals surface area contributed by atoms with E-state index in [1.54, 1.807) is 0 Å². The van der Waals surface area contributed by atoms with Crippen molar-refractivity contribution in [1.29, 1.82) is 0 Å². The number of hydrazine groups is 1. The van der Waals surface area contributed by atoms with Crippen molar-refractivity contribution in [2.24, 2.45) is 0 Å². The van der Waals surface area contributed by atoms with Crippen molar-refractivity contribution < 1.29 is 14.6 Å². The van der Waals surface area contributed by atoms with E-state index in [0.717, 1.165) is 6.42 Å². The summed E-state index contributed by atoms with van der Waals surface area (Å²) in [5.74, 6) is 0. The molecular formula is C10H20N2O3. The molecule has 5 heteroatoms. The zero-order valence-corrected chi connectivity index (χ0v) is 9.62. The van der Waals surface area contributed by atoms with E-state index in [4.69, 9.17) is 4.74 Å². The van der Waals surface area contributed by atoms with Crippen molar-refractivity contribution in [3.05, 3.63) is 0 Å². The zero-order chi connectivity index (χ0) is 11.5. The molecule has 0 spiro atoms. The molecular weight excluding hydrogens is 196 g/mol. The van der Waals surface area contributed by atoms with Crippen LogP contribution in [0.3, 0.4) is 0 Å². The average Bonchev–Trinajstić information content (AvgIpc) is 2.26. The van der Waals surface area contributed by atoms with E-state index in [2.05, 4.69) is 5.43 Å². The topological polar surface area (TPSA) is 61.8 Å². The third-order valence-electron chi connectivity index (χ3n) is 2.05. The standard InChI is InChI=1S/C10H20N2O3/c1-10(2,3)15-9(14)12-6-4-5-8(13)7-11-12/h8,11,13H,4-7H2,1-3H3. The number of amides is 1. The van der Waals surface area contributed by atoms with Crippen LogP contribution in [-0.4, -0.2) is 41.0 Å². The Morgan fingerprint density at radius 1 is 1.53 bits per heavy atom. The molecule has 0 radical (unpaired) electrons. The number of aliphatic hydroxyl groups excluding tert-OH is 1. The van der Waals surface area contributed by atoms with Gasteiger partial charge in [-0.2, -0.15) is 0 Å². The molecule has 15 heavy (non-hydrogen) atoms. The second-order valence-corrected chi connectivity index (χ2v) is 4.79. The van der Waals surface area contributed by atoms with Crippen molar-refractivity contribution in [2.45, 2.75) is 45.3 Å². The van der Waals surface area contributed by atoms with Crippen LogP contribution in [-0.2, 0) is 4.74 Å². The molecule has 1 heterocycles. The maximum absolute atomic E-state index is 11.6. The molecule has 1 unspecified atom stereocenters. The second kappa shape index (κ2) is 4.81. The van der Waals surface area contributed by atoms with Gasteiger partial charge < -0.3 is 9.84 Å². The largest absolute Gasteiger partial charge is 0.443 e. The van der Waals surface area contributed by atoms with Crippen LogP contribution in [0.5, 0.6) is 0 Å². The highest BCUT2D eigenvalue weighted by molar-refractivity contribution is 5.67. The number of β-amino-alcohol motifs (C(OH)–C–C–N with tert-alkyl or cyclic N) is 1. The highest BCUT2D eigenvalue weighted by atomic mass is 16.6. The summed E-state index contributed by atoms with van der Waals surface area (Å²) in [6.45, 7) is 6.47. The summed E-state index contributed by atoms with van der Waals surface area (Å²) in [4.78, 5) is 11.6. The Morgan fingerprint density at radius 2 is 2.20 bits per heavy atom. The first-order chi connectivity index (χ1) is 6.88. The van der Waals surface area contributed by atoms with Crippen LogP contribution in [0.15, 0.2) is 0 Å². The van der Waals surface area contributed by atoms with Crippen LogP contribution >= 0.6 is 0 Å². The molecule has 0 saturated carbocycles. The first-order valence-corrected chi connectivity index (χ1v) is 5.30. The molecule has 1 aliphatic heterocycles. The van der Waals surface area contributed by atoms with E-state index in [-0.39, 0.29) is 12.2 Å². The molecule has 1 rings (SSSR count). The molecule has 1 atom stereocenters. The van der Waals surface area contributed by atoms with Crippen molar-refractivity contribution in [3.8, 4) is 0 Å². The molecule has 0 aromatic rings. The Kier molecular flexibility index (Phi) is 3.93. The summed E-state index contributed by atoms with van der Waals surface area (Å²) in [7, 11) is 0. The SMILES string of the molecule is CC(C)(C)OC(=O)N1CCCC(O)CN1. The van der Waals surface area contributed by atoms with E-state index < -0.39 is 5.60 Å². The Bertz CT molecular complexity index is 225. The number of hydrogen-bond acceptors (Lipinski definition) is 4. The Labute approximate surface area is 90.4 Å². The van der Waals surface area contributed by atoms with E-state index in [9.17, 15) is 9.90 Å². The third-order valence-corrected chi connectivity index (χ3v) is 2.05. The average molecular weight is 216 g/mol. The van der Waals surface area contributed by atoms with Gasteiger partial charge in [-0.15, -0.1) is 0 Å². The van der Waals surface area contributed by atoms with Crippen LogP contribution in [0.4, 0.5) is 4.79 Å². The lowest BCUT2D eigenvalue weighted by Gasteiger charge is -2.26. The molecule has 0 aliphatic carbocycles. The minimum atomic E-state index is -0.482. The predicted molar refractivity (Wildman–Crippen MR) is 56.2 cm³/mol. The maximum atomic E-state index is 11.6. The second-order valence-electron chi connectivity index (χ2n) is 4.79. The number of nitrogens with zero attached hydrogens (tertiary/aromatic N) is 1. The summed E-state index contributed by atoms with van der Waals surface area (Å²) < 4.78 is 5.21. The molecule has 5 nitrogen and oxygen atoms in total. The van der Waals surface area contributed by atoms with Gasteiger partial charge in [-0.1, -0.05) is 0 Å². The molecule has 0 aromatic heterocycles. The number of hydrogen-bond donors (Lipinski definition) is 2. The predicted octanol–water partition coefficient (Wildman–Crippen LogP) is 0.883. The fourth-order valence-electron chi connectivity index (χ4n) is 1.35. The van der Waals surface area contributed by atoms with Crippen molar-refractivity contribution in [3.63, 3.8) is 0 Å². The van der Waals surface area contributed by atoms with Gasteiger partial charge in [0.05, 0.1) is 6.10 Å². The highest BCUT2D eigenvalue weighted by Crippen LogP contribution is 2.11. The number of carbonyl (C=O) groups is 1. The number of rotatable bonds is 0. The number of ether oxygens (including phenoxy) is 1. The smallest absolute Gasteiger partial charge is 0.424 e. The first kappa shape index (κ1) is 12.3. The first-order valence-electron chi connectivity index (χ1n) is 5.30. The number of nitrogens with one attached hydrogen (secondary N) is 1. The Hall–Kier alpha value is -0.810. The van der Waals surface area contributed by atoms with E-state index in [0.29, 0.717) is 19.5 Å². The molecule has 0 aromatic carbocycles. The van der Waals surface area contributed by atoms with E-state index in [1.807, 2.05) is 20.8 Å². The normalized spacial score (nSPS) is 23.5. The van der Waals surface area contributed by atoms with Gasteiger partial charge in [0.2, 0.25) is 0 Å². The van der Waals surface area contributed by atoms with Crippen LogP contribution in [0.25, 0.3) is 0 Å². The van der Waals surface area contributed by atoms with Gasteiger partial charge >= 0.3 is 6.09 Å². The lowest BCUT2D eigenvalue weighted by atomic mass is 10.2. The molecule has 1 aliphatic rings. The van der Waals surface area contributed by atoms with Crippen LogP contribution in [0.1, 0.15) is 33.6 Å². The fraction of sp³-hybridized carbons (Fsp3) is 0.900. The Balaban J connectivity index is 2.45. The third kappa shape index (κ3) is 4.48. The minimum absolute atomic E-state index is 0.377. The Morgan fingerprint density at radius 3 is 2.80 bits per heavy atom. The van der Waals surface area contributed by atoms with Crippen LogP contribution in [0.2, 0.25) is 0 Å². The monoisotopic (exact) mass is 216 g/mol. The van der Waals surface area contributed by atoms with Gasteiger partial charge in [0.1, 0.15) is 5.60 Å².